The summed E-state index contributed by atoms with van der Waals surface area (Å²) >= 11 is 12.1. The number of nitrogens with zero attached hydrogens (tertiary/aromatic N) is 2. The van der Waals surface area contributed by atoms with Crippen LogP contribution in [0.2, 0.25) is 10.0 Å². The number of hydrogen-bond donors (Lipinski definition) is 0. The van der Waals surface area contributed by atoms with Gasteiger partial charge in [-0.3, -0.25) is 4.79 Å². The van der Waals surface area contributed by atoms with Crippen molar-refractivity contribution in [3.8, 4) is 17.1 Å². The van der Waals surface area contributed by atoms with Crippen molar-refractivity contribution in [2.45, 2.75) is 13.0 Å². The lowest BCUT2D eigenvalue weighted by atomic mass is 10.1. The van der Waals surface area contributed by atoms with Crippen molar-refractivity contribution >= 4 is 29.2 Å². The number of hydrogen-bond acceptors (Lipinski definition) is 6. The molecule has 0 bridgehead atoms. The van der Waals surface area contributed by atoms with Crippen LogP contribution in [0.15, 0.2) is 47.0 Å². The molecule has 3 aromatic rings. The van der Waals surface area contributed by atoms with E-state index in [-0.39, 0.29) is 18.9 Å². The van der Waals surface area contributed by atoms with E-state index in [1.54, 1.807) is 31.4 Å². The second-order valence-corrected chi connectivity index (χ2v) is 6.10. The fourth-order valence-electron chi connectivity index (χ4n) is 2.23. The summed E-state index contributed by atoms with van der Waals surface area (Å²) in [5.41, 5.74) is 1.25. The lowest BCUT2D eigenvalue weighted by Gasteiger charge is -2.06. The zero-order chi connectivity index (χ0) is 18.5. The van der Waals surface area contributed by atoms with Gasteiger partial charge in [-0.1, -0.05) is 46.6 Å². The summed E-state index contributed by atoms with van der Waals surface area (Å²) in [6.45, 7) is -0.141. The van der Waals surface area contributed by atoms with Gasteiger partial charge >= 0.3 is 5.97 Å². The van der Waals surface area contributed by atoms with Gasteiger partial charge in [-0.25, -0.2) is 0 Å². The minimum absolute atomic E-state index is 0.0462. The number of methoxy groups -OCH3 is 1. The fourth-order valence-corrected chi connectivity index (χ4v) is 2.76. The highest BCUT2D eigenvalue weighted by Gasteiger charge is 2.15. The highest BCUT2D eigenvalue weighted by molar-refractivity contribution is 6.36. The molecule has 8 heteroatoms. The number of carbonyl (C=O) groups is 1. The number of aromatic nitrogens is 2. The summed E-state index contributed by atoms with van der Waals surface area (Å²) in [6.07, 6.45) is -0.0462. The van der Waals surface area contributed by atoms with Crippen LogP contribution >= 0.6 is 23.2 Å². The average Bonchev–Trinajstić information content (AvgIpc) is 3.12. The number of rotatable bonds is 6. The van der Waals surface area contributed by atoms with Gasteiger partial charge in [0.1, 0.15) is 5.75 Å². The Hall–Kier alpha value is -2.57. The molecule has 0 aliphatic carbocycles. The maximum Gasteiger partial charge on any atom is 0.310 e. The highest BCUT2D eigenvalue weighted by atomic mass is 35.5. The first kappa shape index (κ1) is 18.2. The second kappa shape index (κ2) is 8.21. The first-order valence-corrected chi connectivity index (χ1v) is 8.38. The average molecular weight is 393 g/mol. The smallest absolute Gasteiger partial charge is 0.310 e. The quantitative estimate of drug-likeness (QED) is 0.580. The summed E-state index contributed by atoms with van der Waals surface area (Å²) in [6, 6.07) is 12.3. The van der Waals surface area contributed by atoms with E-state index in [1.807, 2.05) is 18.2 Å². The molecule has 134 valence electrons. The molecule has 0 radical (unpaired) electrons. The van der Waals surface area contributed by atoms with Gasteiger partial charge in [0, 0.05) is 21.2 Å². The number of carbonyl (C=O) groups excluding carboxylic acids is 1. The van der Waals surface area contributed by atoms with E-state index < -0.39 is 5.97 Å². The Morgan fingerprint density at radius 3 is 2.62 bits per heavy atom. The Balaban J connectivity index is 1.62. The number of esters is 1. The Morgan fingerprint density at radius 1 is 1.15 bits per heavy atom. The third-order valence-corrected chi connectivity index (χ3v) is 4.24. The third-order valence-electron chi connectivity index (χ3n) is 3.54. The molecule has 0 aliphatic heterocycles. The predicted molar refractivity (Wildman–Crippen MR) is 96.2 cm³/mol. The van der Waals surface area contributed by atoms with Crippen LogP contribution in [0.3, 0.4) is 0 Å². The van der Waals surface area contributed by atoms with Crippen LogP contribution in [-0.4, -0.2) is 23.2 Å². The molecule has 1 heterocycles. The van der Waals surface area contributed by atoms with Gasteiger partial charge in [0.15, 0.2) is 6.61 Å². The summed E-state index contributed by atoms with van der Waals surface area (Å²) in [7, 11) is 1.57. The van der Waals surface area contributed by atoms with E-state index in [0.29, 0.717) is 27.2 Å². The molecular weight excluding hydrogens is 379 g/mol. The fraction of sp³-hybridized carbons (Fsp3) is 0.167. The van der Waals surface area contributed by atoms with Crippen LogP contribution in [0.4, 0.5) is 0 Å². The minimum Gasteiger partial charge on any atom is -0.497 e. The Morgan fingerprint density at radius 2 is 1.88 bits per heavy atom. The predicted octanol–water partition coefficient (Wildman–Crippen LogP) is 4.34. The molecule has 0 aliphatic rings. The lowest BCUT2D eigenvalue weighted by molar-refractivity contribution is -0.144. The summed E-state index contributed by atoms with van der Waals surface area (Å²) in [4.78, 5) is 16.2. The molecule has 1 aromatic heterocycles. The van der Waals surface area contributed by atoms with Gasteiger partial charge in [-0.15, -0.1) is 0 Å². The van der Waals surface area contributed by atoms with Crippen molar-refractivity contribution in [3.05, 3.63) is 64.0 Å². The van der Waals surface area contributed by atoms with Crippen LogP contribution in [0.5, 0.6) is 5.75 Å². The van der Waals surface area contributed by atoms with E-state index in [4.69, 9.17) is 37.2 Å². The van der Waals surface area contributed by atoms with Crippen molar-refractivity contribution in [2.24, 2.45) is 0 Å². The normalized spacial score (nSPS) is 10.6. The SMILES string of the molecule is COc1cccc(-c2noc(COC(=O)Cc3c(Cl)cccc3Cl)n2)c1. The van der Waals surface area contributed by atoms with Gasteiger partial charge in [0.2, 0.25) is 5.82 Å². The highest BCUT2D eigenvalue weighted by Crippen LogP contribution is 2.25. The van der Waals surface area contributed by atoms with Gasteiger partial charge in [-0.2, -0.15) is 4.98 Å². The lowest BCUT2D eigenvalue weighted by Crippen LogP contribution is -2.09. The maximum atomic E-state index is 12.0. The molecule has 0 saturated carbocycles. The van der Waals surface area contributed by atoms with Crippen molar-refractivity contribution in [1.82, 2.24) is 10.1 Å². The zero-order valence-electron chi connectivity index (χ0n) is 13.7. The summed E-state index contributed by atoms with van der Waals surface area (Å²) in [5.74, 6) is 0.739. The third kappa shape index (κ3) is 4.33. The number of ether oxygens (including phenoxy) is 2. The molecule has 2 aromatic carbocycles. The van der Waals surface area contributed by atoms with Gasteiger partial charge < -0.3 is 14.0 Å². The van der Waals surface area contributed by atoms with Crippen LogP contribution in [0.1, 0.15) is 11.5 Å². The largest absolute Gasteiger partial charge is 0.497 e. The molecule has 6 nitrogen and oxygen atoms in total. The van der Waals surface area contributed by atoms with Crippen molar-refractivity contribution in [3.63, 3.8) is 0 Å². The van der Waals surface area contributed by atoms with Gasteiger partial charge in [0.05, 0.1) is 13.5 Å². The molecule has 0 amide bonds. The van der Waals surface area contributed by atoms with E-state index in [9.17, 15) is 4.79 Å². The standard InChI is InChI=1S/C18H14Cl2N2O4/c1-24-12-5-2-4-11(8-12)18-21-16(26-22-18)10-25-17(23)9-13-14(19)6-3-7-15(13)20/h2-8H,9-10H2,1H3. The molecule has 0 spiro atoms. The molecule has 26 heavy (non-hydrogen) atoms. The maximum absolute atomic E-state index is 12.0. The first-order valence-electron chi connectivity index (χ1n) is 7.62. The van der Waals surface area contributed by atoms with Crippen LogP contribution in [0.25, 0.3) is 11.4 Å². The van der Waals surface area contributed by atoms with Gasteiger partial charge in [0.25, 0.3) is 5.89 Å². The van der Waals surface area contributed by atoms with Crippen molar-refractivity contribution in [1.29, 1.82) is 0 Å². The Kier molecular flexibility index (Phi) is 5.75. The monoisotopic (exact) mass is 392 g/mol. The molecule has 0 atom stereocenters. The van der Waals surface area contributed by atoms with Crippen molar-refractivity contribution in [2.75, 3.05) is 7.11 Å². The topological polar surface area (TPSA) is 74.5 Å². The van der Waals surface area contributed by atoms with E-state index in [2.05, 4.69) is 10.1 Å². The minimum atomic E-state index is -0.499. The number of benzene rings is 2. The van der Waals surface area contributed by atoms with Gasteiger partial charge in [-0.05, 0) is 24.3 Å². The zero-order valence-corrected chi connectivity index (χ0v) is 15.3. The molecule has 0 unspecified atom stereocenters. The van der Waals surface area contributed by atoms with E-state index in [0.717, 1.165) is 5.56 Å². The summed E-state index contributed by atoms with van der Waals surface area (Å²) < 4.78 is 15.4. The van der Waals surface area contributed by atoms with Crippen molar-refractivity contribution < 1.29 is 18.8 Å². The van der Waals surface area contributed by atoms with E-state index in [1.165, 1.54) is 0 Å². The molecular formula is C18H14Cl2N2O4. The van der Waals surface area contributed by atoms with Crippen LogP contribution < -0.4 is 4.74 Å². The Bertz CT molecular complexity index is 907. The Labute approximate surface area is 159 Å². The second-order valence-electron chi connectivity index (χ2n) is 5.28. The number of halogens is 2. The molecule has 0 fully saturated rings. The molecule has 3 rings (SSSR count). The summed E-state index contributed by atoms with van der Waals surface area (Å²) in [5, 5.41) is 4.70. The van der Waals surface area contributed by atoms with E-state index >= 15 is 0 Å². The van der Waals surface area contributed by atoms with Crippen LogP contribution in [0, 0.1) is 0 Å². The molecule has 0 saturated heterocycles. The van der Waals surface area contributed by atoms with Crippen LogP contribution in [-0.2, 0) is 22.6 Å². The first-order chi connectivity index (χ1) is 12.6. The molecule has 0 N–H and O–H groups in total.